The Labute approximate surface area is 224 Å². The lowest BCUT2D eigenvalue weighted by Gasteiger charge is -2.01. The van der Waals surface area contributed by atoms with Crippen LogP contribution in [0.2, 0.25) is 0 Å². The molecule has 6 heteroatoms. The first-order valence-electron chi connectivity index (χ1n) is 15.3. The molecule has 0 spiro atoms. The van der Waals surface area contributed by atoms with Crippen LogP contribution in [0.3, 0.4) is 0 Å². The fourth-order valence-electron chi connectivity index (χ4n) is 3.88. The van der Waals surface area contributed by atoms with Crippen LogP contribution in [0, 0.1) is 0 Å². The van der Waals surface area contributed by atoms with E-state index in [4.69, 9.17) is 21.7 Å². The molecular formula is C30H64N2O4. The van der Waals surface area contributed by atoms with Crippen molar-refractivity contribution in [2.45, 2.75) is 168 Å². The molecule has 6 nitrogen and oxygen atoms in total. The summed E-state index contributed by atoms with van der Waals surface area (Å²) in [6.07, 6.45) is 28.7. The van der Waals surface area contributed by atoms with E-state index in [2.05, 4.69) is 13.8 Å². The van der Waals surface area contributed by atoms with Gasteiger partial charge < -0.3 is 21.7 Å². The van der Waals surface area contributed by atoms with Crippen molar-refractivity contribution in [2.24, 2.45) is 11.5 Å². The van der Waals surface area contributed by atoms with Crippen molar-refractivity contribution in [1.82, 2.24) is 0 Å². The summed E-state index contributed by atoms with van der Waals surface area (Å²) in [5.41, 5.74) is 9.81. The standard InChI is InChI=1S/2C14H28O2.C2H8N2/c2*1-2-3-4-5-6-7-8-9-10-11-12-13-14(15)16;3-1-2-4/h2*2-13H2,1H3,(H,15,16);1-4H2. The van der Waals surface area contributed by atoms with E-state index < -0.39 is 11.9 Å². The average molecular weight is 517 g/mol. The first-order valence-corrected chi connectivity index (χ1v) is 15.3. The zero-order chi connectivity index (χ0) is 27.5. The van der Waals surface area contributed by atoms with E-state index in [-0.39, 0.29) is 0 Å². The molecular weight excluding hydrogens is 452 g/mol. The average Bonchev–Trinajstić information content (AvgIpc) is 2.86. The molecule has 0 heterocycles. The van der Waals surface area contributed by atoms with E-state index in [0.717, 1.165) is 25.7 Å². The second-order valence-corrected chi connectivity index (χ2v) is 9.94. The summed E-state index contributed by atoms with van der Waals surface area (Å²) in [4.78, 5) is 20.5. The van der Waals surface area contributed by atoms with Crippen LogP contribution < -0.4 is 11.5 Å². The predicted molar refractivity (Wildman–Crippen MR) is 156 cm³/mol. The van der Waals surface area contributed by atoms with Gasteiger partial charge in [0.1, 0.15) is 0 Å². The van der Waals surface area contributed by atoms with Gasteiger partial charge in [-0.05, 0) is 12.8 Å². The Hall–Kier alpha value is -1.14. The van der Waals surface area contributed by atoms with E-state index in [1.54, 1.807) is 0 Å². The minimum absolute atomic E-state index is 0.344. The summed E-state index contributed by atoms with van der Waals surface area (Å²) in [7, 11) is 0. The number of carboxylic acid groups (broad SMARTS) is 2. The second kappa shape index (κ2) is 38.4. The first-order chi connectivity index (χ1) is 17.5. The van der Waals surface area contributed by atoms with Crippen LogP contribution in [0.1, 0.15) is 168 Å². The molecule has 0 atom stereocenters. The highest BCUT2D eigenvalue weighted by Gasteiger charge is 1.97. The Kier molecular flexibility index (Phi) is 42.0. The van der Waals surface area contributed by atoms with Crippen LogP contribution in [0.4, 0.5) is 0 Å². The van der Waals surface area contributed by atoms with Gasteiger partial charge >= 0.3 is 11.9 Å². The van der Waals surface area contributed by atoms with Crippen molar-refractivity contribution < 1.29 is 19.8 Å². The number of unbranched alkanes of at least 4 members (excludes halogenated alkanes) is 20. The Balaban J connectivity index is -0.000000526. The molecule has 36 heavy (non-hydrogen) atoms. The predicted octanol–water partition coefficient (Wildman–Crippen LogP) is 8.45. The zero-order valence-corrected chi connectivity index (χ0v) is 24.3. The monoisotopic (exact) mass is 516 g/mol. The molecule has 218 valence electrons. The van der Waals surface area contributed by atoms with Crippen molar-refractivity contribution in [3.05, 3.63) is 0 Å². The summed E-state index contributed by atoms with van der Waals surface area (Å²) >= 11 is 0. The van der Waals surface area contributed by atoms with Crippen molar-refractivity contribution in [1.29, 1.82) is 0 Å². The molecule has 0 aromatic carbocycles. The van der Waals surface area contributed by atoms with Gasteiger partial charge in [-0.2, -0.15) is 0 Å². The Morgan fingerprint density at radius 3 is 0.778 bits per heavy atom. The Morgan fingerprint density at radius 2 is 0.611 bits per heavy atom. The number of carboxylic acids is 2. The largest absolute Gasteiger partial charge is 0.481 e. The van der Waals surface area contributed by atoms with Gasteiger partial charge in [-0.3, -0.25) is 9.59 Å². The van der Waals surface area contributed by atoms with Gasteiger partial charge in [0, 0.05) is 25.9 Å². The second-order valence-electron chi connectivity index (χ2n) is 9.94. The molecule has 0 aromatic rings. The molecule has 0 unspecified atom stereocenters. The third-order valence-electron chi connectivity index (χ3n) is 6.16. The maximum Gasteiger partial charge on any atom is 0.303 e. The highest BCUT2D eigenvalue weighted by Crippen LogP contribution is 2.12. The third kappa shape index (κ3) is 49.9. The van der Waals surface area contributed by atoms with Crippen molar-refractivity contribution in [2.75, 3.05) is 13.1 Å². The number of aliphatic carboxylic acids is 2. The molecule has 0 amide bonds. The first kappa shape index (κ1) is 39.4. The zero-order valence-electron chi connectivity index (χ0n) is 24.3. The third-order valence-corrected chi connectivity index (χ3v) is 6.16. The number of rotatable bonds is 25. The maximum atomic E-state index is 10.3. The molecule has 0 aliphatic carbocycles. The number of carbonyl (C=O) groups is 2. The van der Waals surface area contributed by atoms with Gasteiger partial charge in [-0.15, -0.1) is 0 Å². The van der Waals surface area contributed by atoms with Gasteiger partial charge in [-0.1, -0.05) is 142 Å². The summed E-state index contributed by atoms with van der Waals surface area (Å²) in [6, 6.07) is 0. The molecule has 0 radical (unpaired) electrons. The Bertz CT molecular complexity index is 382. The highest BCUT2D eigenvalue weighted by molar-refractivity contribution is 5.66. The van der Waals surface area contributed by atoms with Crippen molar-refractivity contribution in [3.63, 3.8) is 0 Å². The Morgan fingerprint density at radius 1 is 0.417 bits per heavy atom. The molecule has 0 saturated heterocycles. The van der Waals surface area contributed by atoms with Gasteiger partial charge in [0.25, 0.3) is 0 Å². The van der Waals surface area contributed by atoms with E-state index in [1.807, 2.05) is 0 Å². The lowest BCUT2D eigenvalue weighted by molar-refractivity contribution is -0.138. The van der Waals surface area contributed by atoms with E-state index >= 15 is 0 Å². The normalized spacial score (nSPS) is 10.2. The summed E-state index contributed by atoms with van der Waals surface area (Å²) in [5, 5.41) is 16.9. The van der Waals surface area contributed by atoms with Crippen LogP contribution >= 0.6 is 0 Å². The van der Waals surface area contributed by atoms with Crippen LogP contribution in [-0.4, -0.2) is 35.2 Å². The molecule has 0 fully saturated rings. The van der Waals surface area contributed by atoms with Crippen molar-refractivity contribution in [3.8, 4) is 0 Å². The summed E-state index contributed by atoms with van der Waals surface area (Å²) in [6.45, 7) is 5.69. The van der Waals surface area contributed by atoms with Gasteiger partial charge in [0.05, 0.1) is 0 Å². The highest BCUT2D eigenvalue weighted by atomic mass is 16.4. The van der Waals surface area contributed by atoms with Gasteiger partial charge in [0.15, 0.2) is 0 Å². The van der Waals surface area contributed by atoms with E-state index in [0.29, 0.717) is 25.9 Å². The molecule has 0 saturated carbocycles. The van der Waals surface area contributed by atoms with Gasteiger partial charge in [0.2, 0.25) is 0 Å². The maximum absolute atomic E-state index is 10.3. The fourth-order valence-corrected chi connectivity index (χ4v) is 3.88. The fraction of sp³-hybridized carbons (Fsp3) is 0.933. The summed E-state index contributed by atoms with van der Waals surface area (Å²) in [5.74, 6) is -1.31. The lowest BCUT2D eigenvalue weighted by atomic mass is 10.1. The quantitative estimate of drug-likeness (QED) is 0.0901. The number of hydrogen-bond acceptors (Lipinski definition) is 4. The van der Waals surface area contributed by atoms with Crippen LogP contribution in [0.25, 0.3) is 0 Å². The van der Waals surface area contributed by atoms with E-state index in [1.165, 1.54) is 116 Å². The molecule has 0 aliphatic rings. The lowest BCUT2D eigenvalue weighted by Crippen LogP contribution is -2.11. The minimum Gasteiger partial charge on any atom is -0.481 e. The van der Waals surface area contributed by atoms with Crippen LogP contribution in [-0.2, 0) is 9.59 Å². The summed E-state index contributed by atoms with van der Waals surface area (Å²) < 4.78 is 0. The number of hydrogen-bond donors (Lipinski definition) is 4. The SMILES string of the molecule is CCCCCCCCCCCCCC(=O)O.CCCCCCCCCCCCCC(=O)O.NCCN. The molecule has 0 rings (SSSR count). The molecule has 0 aromatic heterocycles. The van der Waals surface area contributed by atoms with Crippen LogP contribution in [0.5, 0.6) is 0 Å². The topological polar surface area (TPSA) is 127 Å². The number of nitrogens with two attached hydrogens (primary N) is 2. The smallest absolute Gasteiger partial charge is 0.303 e. The van der Waals surface area contributed by atoms with E-state index in [9.17, 15) is 9.59 Å². The van der Waals surface area contributed by atoms with Gasteiger partial charge in [-0.25, -0.2) is 0 Å². The molecule has 0 bridgehead atoms. The van der Waals surface area contributed by atoms with Crippen LogP contribution in [0.15, 0.2) is 0 Å². The van der Waals surface area contributed by atoms with Crippen molar-refractivity contribution >= 4 is 11.9 Å². The minimum atomic E-state index is -0.657. The molecule has 0 aliphatic heterocycles. The molecule has 6 N–H and O–H groups in total.